The topological polar surface area (TPSA) is 165 Å². The summed E-state index contributed by atoms with van der Waals surface area (Å²) < 4.78 is 4.93. The summed E-state index contributed by atoms with van der Waals surface area (Å²) in [6.07, 6.45) is 0.444. The van der Waals surface area contributed by atoms with E-state index in [1.807, 2.05) is 0 Å². The minimum atomic E-state index is -1.56. The Morgan fingerprint density at radius 3 is 2.34 bits per heavy atom. The Balaban J connectivity index is 2.12. The number of aliphatic hydroxyl groups excluding tert-OH is 1. The number of carboxylic acid groups (broad SMARTS) is 1. The molecule has 0 bridgehead atoms. The summed E-state index contributed by atoms with van der Waals surface area (Å²) in [7, 11) is 0. The summed E-state index contributed by atoms with van der Waals surface area (Å²) >= 11 is 0. The summed E-state index contributed by atoms with van der Waals surface area (Å²) in [5.74, 6) is -3.96. The Hall–Kier alpha value is -3.72. The number of carbonyl (C=O) groups is 2. The van der Waals surface area contributed by atoms with Gasteiger partial charge in [-0.3, -0.25) is 0 Å². The number of ether oxygens (including phenoxy) is 1. The number of carboxylic acids is 1. The normalized spacial score (nSPS) is 12.0. The SMILES string of the molecule is O=C(C=Cc1ccc(O)c(O)c1)O[C@H](Cc1cc(O)c(O)c(CCO)c1)C(=O)O. The summed E-state index contributed by atoms with van der Waals surface area (Å²) in [6, 6.07) is 6.41. The number of rotatable bonds is 8. The monoisotopic (exact) mass is 404 g/mol. The van der Waals surface area contributed by atoms with Gasteiger partial charge in [0.2, 0.25) is 6.10 Å². The van der Waals surface area contributed by atoms with E-state index in [0.717, 1.165) is 12.1 Å². The number of aliphatic hydroxyl groups is 1. The van der Waals surface area contributed by atoms with Crippen LogP contribution in [0.1, 0.15) is 16.7 Å². The molecule has 0 amide bonds. The number of benzene rings is 2. The van der Waals surface area contributed by atoms with Crippen molar-refractivity contribution in [3.8, 4) is 23.0 Å². The highest BCUT2D eigenvalue weighted by molar-refractivity contribution is 5.89. The molecule has 0 radical (unpaired) electrons. The van der Waals surface area contributed by atoms with Crippen LogP contribution >= 0.6 is 0 Å². The first-order valence-corrected chi connectivity index (χ1v) is 8.49. The lowest BCUT2D eigenvalue weighted by Crippen LogP contribution is -2.28. The number of phenolic OH excluding ortho intramolecular Hbond substituents is 4. The molecule has 0 unspecified atom stereocenters. The van der Waals surface area contributed by atoms with Gasteiger partial charge in [0.15, 0.2) is 23.0 Å². The Kier molecular flexibility index (Phi) is 7.05. The lowest BCUT2D eigenvalue weighted by Gasteiger charge is -2.14. The molecule has 6 N–H and O–H groups in total. The van der Waals surface area contributed by atoms with Gasteiger partial charge < -0.3 is 35.4 Å². The third-order valence-corrected chi connectivity index (χ3v) is 3.98. The van der Waals surface area contributed by atoms with Crippen LogP contribution in [0.25, 0.3) is 6.08 Å². The van der Waals surface area contributed by atoms with Crippen molar-refractivity contribution in [1.82, 2.24) is 0 Å². The molecule has 0 aliphatic carbocycles. The van der Waals surface area contributed by atoms with Crippen LogP contribution < -0.4 is 0 Å². The maximum atomic E-state index is 12.0. The maximum absolute atomic E-state index is 12.0. The summed E-state index contributed by atoms with van der Waals surface area (Å²) in [5, 5.41) is 56.5. The quantitative estimate of drug-likeness (QED) is 0.216. The van der Waals surface area contributed by atoms with Crippen LogP contribution in [0.3, 0.4) is 0 Å². The highest BCUT2D eigenvalue weighted by Gasteiger charge is 2.23. The van der Waals surface area contributed by atoms with Gasteiger partial charge in [-0.05, 0) is 41.8 Å². The van der Waals surface area contributed by atoms with Crippen molar-refractivity contribution in [3.05, 3.63) is 53.1 Å². The Morgan fingerprint density at radius 1 is 1.00 bits per heavy atom. The third kappa shape index (κ3) is 5.88. The molecule has 2 aromatic rings. The number of aliphatic carboxylic acids is 1. The van der Waals surface area contributed by atoms with Crippen molar-refractivity contribution in [2.75, 3.05) is 6.61 Å². The molecule has 154 valence electrons. The highest BCUT2D eigenvalue weighted by Crippen LogP contribution is 2.31. The maximum Gasteiger partial charge on any atom is 0.345 e. The minimum absolute atomic E-state index is 0.0486. The van der Waals surface area contributed by atoms with Gasteiger partial charge in [0.05, 0.1) is 0 Å². The predicted molar refractivity (Wildman–Crippen MR) is 101 cm³/mol. The molecular weight excluding hydrogens is 384 g/mol. The van der Waals surface area contributed by atoms with E-state index >= 15 is 0 Å². The van der Waals surface area contributed by atoms with Crippen LogP contribution in [-0.4, -0.2) is 55.3 Å². The van der Waals surface area contributed by atoms with Crippen molar-refractivity contribution in [3.63, 3.8) is 0 Å². The second kappa shape index (κ2) is 9.47. The number of hydrogen-bond acceptors (Lipinski definition) is 8. The van der Waals surface area contributed by atoms with Crippen LogP contribution in [-0.2, 0) is 27.2 Å². The van der Waals surface area contributed by atoms with E-state index in [0.29, 0.717) is 5.56 Å². The second-order valence-corrected chi connectivity index (χ2v) is 6.15. The lowest BCUT2D eigenvalue weighted by molar-refractivity contribution is -0.160. The van der Waals surface area contributed by atoms with E-state index in [9.17, 15) is 35.1 Å². The van der Waals surface area contributed by atoms with Crippen LogP contribution in [0.4, 0.5) is 0 Å². The van der Waals surface area contributed by atoms with Gasteiger partial charge in [-0.2, -0.15) is 0 Å². The van der Waals surface area contributed by atoms with Crippen LogP contribution in [0.5, 0.6) is 23.0 Å². The largest absolute Gasteiger partial charge is 0.504 e. The molecule has 0 fully saturated rings. The molecule has 9 heteroatoms. The fraction of sp³-hybridized carbons (Fsp3) is 0.200. The molecule has 29 heavy (non-hydrogen) atoms. The number of carbonyl (C=O) groups excluding carboxylic acids is 1. The number of phenols is 4. The second-order valence-electron chi connectivity index (χ2n) is 6.15. The van der Waals surface area contributed by atoms with E-state index in [2.05, 4.69) is 0 Å². The summed E-state index contributed by atoms with van der Waals surface area (Å²) in [4.78, 5) is 23.4. The van der Waals surface area contributed by atoms with E-state index in [-0.39, 0.29) is 42.1 Å². The van der Waals surface area contributed by atoms with Crippen LogP contribution in [0.2, 0.25) is 0 Å². The standard InChI is InChI=1S/C20H20O9/c21-6-5-13-7-12(9-16(24)19(13)26)10-17(20(27)28)29-18(25)4-2-11-1-3-14(22)15(23)8-11/h1-4,7-9,17,21-24,26H,5-6,10H2,(H,27,28)/t17-/m1/s1. The average molecular weight is 404 g/mol. The zero-order chi connectivity index (χ0) is 21.6. The van der Waals surface area contributed by atoms with E-state index in [1.165, 1.54) is 30.3 Å². The molecule has 2 rings (SSSR count). The van der Waals surface area contributed by atoms with Gasteiger partial charge in [-0.1, -0.05) is 12.1 Å². The van der Waals surface area contributed by atoms with Gasteiger partial charge in [-0.15, -0.1) is 0 Å². The highest BCUT2D eigenvalue weighted by atomic mass is 16.6. The smallest absolute Gasteiger partial charge is 0.345 e. The Labute approximate surface area is 165 Å². The Morgan fingerprint density at radius 2 is 1.72 bits per heavy atom. The summed E-state index contributed by atoms with van der Waals surface area (Å²) in [5.41, 5.74) is 0.891. The molecule has 0 saturated heterocycles. The van der Waals surface area contributed by atoms with Crippen LogP contribution in [0, 0.1) is 0 Å². The van der Waals surface area contributed by atoms with Gasteiger partial charge in [0.25, 0.3) is 0 Å². The molecule has 0 heterocycles. The number of hydrogen-bond donors (Lipinski definition) is 6. The van der Waals surface area contributed by atoms with Crippen molar-refractivity contribution in [1.29, 1.82) is 0 Å². The van der Waals surface area contributed by atoms with Gasteiger partial charge >= 0.3 is 11.9 Å². The van der Waals surface area contributed by atoms with Crippen molar-refractivity contribution < 1.29 is 45.0 Å². The van der Waals surface area contributed by atoms with Gasteiger partial charge in [0, 0.05) is 24.7 Å². The molecule has 0 aliphatic rings. The molecule has 0 aliphatic heterocycles. The Bertz CT molecular complexity index is 934. The molecule has 2 aromatic carbocycles. The average Bonchev–Trinajstić information content (AvgIpc) is 2.66. The minimum Gasteiger partial charge on any atom is -0.504 e. The zero-order valence-electron chi connectivity index (χ0n) is 15.1. The van der Waals surface area contributed by atoms with E-state index in [1.54, 1.807) is 0 Å². The first-order valence-electron chi connectivity index (χ1n) is 8.49. The number of esters is 1. The molecule has 9 nitrogen and oxygen atoms in total. The first kappa shape index (κ1) is 21.6. The predicted octanol–water partition coefficient (Wildman–Crippen LogP) is 1.30. The van der Waals surface area contributed by atoms with Gasteiger partial charge in [0.1, 0.15) is 0 Å². The molecule has 0 saturated carbocycles. The molecule has 0 aromatic heterocycles. The first-order chi connectivity index (χ1) is 13.7. The van der Waals surface area contributed by atoms with E-state index in [4.69, 9.17) is 9.84 Å². The van der Waals surface area contributed by atoms with Crippen molar-refractivity contribution in [2.45, 2.75) is 18.9 Å². The third-order valence-electron chi connectivity index (χ3n) is 3.98. The summed E-state index contributed by atoms with van der Waals surface area (Å²) in [6.45, 7) is -0.286. The lowest BCUT2D eigenvalue weighted by atomic mass is 10.0. The molecule has 1 atom stereocenters. The fourth-order valence-electron chi connectivity index (χ4n) is 2.55. The van der Waals surface area contributed by atoms with Crippen LogP contribution in [0.15, 0.2) is 36.4 Å². The molecular formula is C20H20O9. The van der Waals surface area contributed by atoms with Gasteiger partial charge in [-0.25, -0.2) is 9.59 Å². The fourth-order valence-corrected chi connectivity index (χ4v) is 2.55. The molecule has 0 spiro atoms. The number of aromatic hydroxyl groups is 4. The van der Waals surface area contributed by atoms with Crippen molar-refractivity contribution >= 4 is 18.0 Å². The van der Waals surface area contributed by atoms with Crippen molar-refractivity contribution in [2.24, 2.45) is 0 Å². The zero-order valence-corrected chi connectivity index (χ0v) is 15.1. The van der Waals surface area contributed by atoms with E-state index < -0.39 is 29.5 Å².